The van der Waals surface area contributed by atoms with Gasteiger partial charge in [0, 0.05) is 31.7 Å². The molecular weight excluding hydrogens is 200 g/mol. The maximum Gasteiger partial charge on any atom is 0.0558 e. The van der Waals surface area contributed by atoms with Crippen molar-refractivity contribution in [2.45, 2.75) is 51.1 Å². The van der Waals surface area contributed by atoms with Gasteiger partial charge >= 0.3 is 0 Å². The lowest BCUT2D eigenvalue weighted by Crippen LogP contribution is -2.51. The summed E-state index contributed by atoms with van der Waals surface area (Å²) in [6, 6.07) is 1.42. The molecule has 1 aliphatic carbocycles. The minimum absolute atomic E-state index is 0.295. The van der Waals surface area contributed by atoms with Gasteiger partial charge in [0.25, 0.3) is 0 Å². The first kappa shape index (κ1) is 12.3. The quantitative estimate of drug-likeness (QED) is 0.756. The Balaban J connectivity index is 1.78. The van der Waals surface area contributed by atoms with Gasteiger partial charge < -0.3 is 10.4 Å². The first-order chi connectivity index (χ1) is 7.78. The number of nitrogens with zero attached hydrogens (tertiary/aromatic N) is 1. The zero-order valence-electron chi connectivity index (χ0n) is 10.5. The first-order valence-corrected chi connectivity index (χ1v) is 6.87. The molecule has 3 heteroatoms. The van der Waals surface area contributed by atoms with Gasteiger partial charge in [-0.15, -0.1) is 0 Å². The second-order valence-corrected chi connectivity index (χ2v) is 5.67. The SMILES string of the molecule is CC1CC(NC2CCCC2)CN(CCO)C1. The molecule has 0 radical (unpaired) electrons. The second kappa shape index (κ2) is 5.99. The first-order valence-electron chi connectivity index (χ1n) is 6.87. The summed E-state index contributed by atoms with van der Waals surface area (Å²) in [6.07, 6.45) is 6.84. The molecule has 0 aromatic carbocycles. The number of aliphatic hydroxyl groups is 1. The van der Waals surface area contributed by atoms with Crippen LogP contribution in [0.3, 0.4) is 0 Å². The van der Waals surface area contributed by atoms with E-state index in [1.54, 1.807) is 0 Å². The topological polar surface area (TPSA) is 35.5 Å². The third-order valence-electron chi connectivity index (χ3n) is 3.98. The van der Waals surface area contributed by atoms with Crippen LogP contribution in [0, 0.1) is 5.92 Å². The fraction of sp³-hybridized carbons (Fsp3) is 1.00. The van der Waals surface area contributed by atoms with Crippen molar-refractivity contribution in [3.05, 3.63) is 0 Å². The Kier molecular flexibility index (Phi) is 4.62. The summed E-state index contributed by atoms with van der Waals surface area (Å²) in [6.45, 7) is 5.74. The van der Waals surface area contributed by atoms with Crippen molar-refractivity contribution in [1.29, 1.82) is 0 Å². The molecule has 2 atom stereocenters. The van der Waals surface area contributed by atoms with Gasteiger partial charge in [0.15, 0.2) is 0 Å². The molecule has 0 aromatic rings. The van der Waals surface area contributed by atoms with E-state index in [9.17, 15) is 0 Å². The van der Waals surface area contributed by atoms with Crippen molar-refractivity contribution in [1.82, 2.24) is 10.2 Å². The molecule has 2 aliphatic rings. The molecule has 0 bridgehead atoms. The van der Waals surface area contributed by atoms with Gasteiger partial charge in [-0.2, -0.15) is 0 Å². The number of nitrogens with one attached hydrogen (secondary N) is 1. The van der Waals surface area contributed by atoms with Crippen LogP contribution < -0.4 is 5.32 Å². The van der Waals surface area contributed by atoms with E-state index in [1.807, 2.05) is 0 Å². The molecule has 2 rings (SSSR count). The lowest BCUT2D eigenvalue weighted by molar-refractivity contribution is 0.118. The number of likely N-dealkylation sites (tertiary alicyclic amines) is 1. The third kappa shape index (κ3) is 3.44. The number of hydrogen-bond donors (Lipinski definition) is 2. The summed E-state index contributed by atoms with van der Waals surface area (Å²) in [4.78, 5) is 2.40. The van der Waals surface area contributed by atoms with Crippen LogP contribution in [0.4, 0.5) is 0 Å². The monoisotopic (exact) mass is 226 g/mol. The molecule has 3 nitrogen and oxygen atoms in total. The Labute approximate surface area is 99.2 Å². The lowest BCUT2D eigenvalue weighted by Gasteiger charge is -2.37. The van der Waals surface area contributed by atoms with Crippen LogP contribution in [-0.4, -0.2) is 48.3 Å². The van der Waals surface area contributed by atoms with E-state index < -0.39 is 0 Å². The summed E-state index contributed by atoms with van der Waals surface area (Å²) < 4.78 is 0. The number of aliphatic hydroxyl groups excluding tert-OH is 1. The van der Waals surface area contributed by atoms with Crippen LogP contribution in [0.2, 0.25) is 0 Å². The Morgan fingerprint density at radius 2 is 1.94 bits per heavy atom. The van der Waals surface area contributed by atoms with Gasteiger partial charge in [-0.3, -0.25) is 4.90 Å². The van der Waals surface area contributed by atoms with Gasteiger partial charge in [0.1, 0.15) is 0 Å². The number of piperidine rings is 1. The van der Waals surface area contributed by atoms with E-state index in [2.05, 4.69) is 17.1 Å². The van der Waals surface area contributed by atoms with E-state index in [0.717, 1.165) is 31.6 Å². The largest absolute Gasteiger partial charge is 0.395 e. The van der Waals surface area contributed by atoms with Crippen molar-refractivity contribution in [3.8, 4) is 0 Å². The molecule has 16 heavy (non-hydrogen) atoms. The minimum Gasteiger partial charge on any atom is -0.395 e. The van der Waals surface area contributed by atoms with E-state index in [0.29, 0.717) is 12.6 Å². The minimum atomic E-state index is 0.295. The normalized spacial score (nSPS) is 33.4. The zero-order chi connectivity index (χ0) is 11.4. The van der Waals surface area contributed by atoms with Gasteiger partial charge in [-0.25, -0.2) is 0 Å². The van der Waals surface area contributed by atoms with Crippen LogP contribution in [0.15, 0.2) is 0 Å². The molecule has 2 fully saturated rings. The Hall–Kier alpha value is -0.120. The standard InChI is InChI=1S/C13H26N2O/c1-11-8-13(10-15(9-11)6-7-16)14-12-4-2-3-5-12/h11-14,16H,2-10H2,1H3. The molecule has 2 unspecified atom stereocenters. The van der Waals surface area contributed by atoms with E-state index >= 15 is 0 Å². The van der Waals surface area contributed by atoms with Gasteiger partial charge in [-0.05, 0) is 25.2 Å². The number of hydrogen-bond acceptors (Lipinski definition) is 3. The number of rotatable bonds is 4. The molecule has 1 saturated carbocycles. The number of β-amino-alcohol motifs (C(OH)–C–C–N with tert-alkyl or cyclic N) is 1. The summed E-state index contributed by atoms with van der Waals surface area (Å²) in [7, 11) is 0. The maximum absolute atomic E-state index is 9.01. The molecule has 2 N–H and O–H groups in total. The predicted molar refractivity (Wildman–Crippen MR) is 66.5 cm³/mol. The zero-order valence-corrected chi connectivity index (χ0v) is 10.5. The van der Waals surface area contributed by atoms with Gasteiger partial charge in [0.2, 0.25) is 0 Å². The average Bonchev–Trinajstić information content (AvgIpc) is 2.70. The molecule has 0 amide bonds. The van der Waals surface area contributed by atoms with Gasteiger partial charge in [-0.1, -0.05) is 19.8 Å². The van der Waals surface area contributed by atoms with Crippen molar-refractivity contribution in [2.75, 3.05) is 26.2 Å². The van der Waals surface area contributed by atoms with E-state index in [-0.39, 0.29) is 0 Å². The molecular formula is C13H26N2O. The average molecular weight is 226 g/mol. The lowest BCUT2D eigenvalue weighted by atomic mass is 9.95. The Morgan fingerprint density at radius 1 is 1.19 bits per heavy atom. The highest BCUT2D eigenvalue weighted by atomic mass is 16.3. The molecule has 1 heterocycles. The molecule has 1 saturated heterocycles. The highest BCUT2D eigenvalue weighted by molar-refractivity contribution is 4.85. The second-order valence-electron chi connectivity index (χ2n) is 5.67. The van der Waals surface area contributed by atoms with Crippen molar-refractivity contribution >= 4 is 0 Å². The van der Waals surface area contributed by atoms with Crippen LogP contribution >= 0.6 is 0 Å². The summed E-state index contributed by atoms with van der Waals surface area (Å²) in [5.41, 5.74) is 0. The fourth-order valence-electron chi connectivity index (χ4n) is 3.33. The van der Waals surface area contributed by atoms with Crippen LogP contribution in [0.1, 0.15) is 39.0 Å². The molecule has 0 aromatic heterocycles. The maximum atomic E-state index is 9.01. The molecule has 0 spiro atoms. The van der Waals surface area contributed by atoms with Crippen LogP contribution in [-0.2, 0) is 0 Å². The third-order valence-corrected chi connectivity index (χ3v) is 3.98. The molecule has 1 aliphatic heterocycles. The van der Waals surface area contributed by atoms with E-state index in [4.69, 9.17) is 5.11 Å². The highest BCUT2D eigenvalue weighted by Gasteiger charge is 2.26. The van der Waals surface area contributed by atoms with Crippen molar-refractivity contribution in [2.24, 2.45) is 5.92 Å². The molecule has 94 valence electrons. The van der Waals surface area contributed by atoms with Crippen LogP contribution in [0.25, 0.3) is 0 Å². The fourth-order valence-corrected chi connectivity index (χ4v) is 3.33. The van der Waals surface area contributed by atoms with Crippen molar-refractivity contribution in [3.63, 3.8) is 0 Å². The summed E-state index contributed by atoms with van der Waals surface area (Å²) in [5.74, 6) is 0.763. The smallest absolute Gasteiger partial charge is 0.0558 e. The van der Waals surface area contributed by atoms with Crippen LogP contribution in [0.5, 0.6) is 0 Å². The van der Waals surface area contributed by atoms with E-state index in [1.165, 1.54) is 32.1 Å². The summed E-state index contributed by atoms with van der Waals surface area (Å²) in [5, 5.41) is 12.8. The Morgan fingerprint density at radius 3 is 2.62 bits per heavy atom. The summed E-state index contributed by atoms with van der Waals surface area (Å²) >= 11 is 0. The Bertz CT molecular complexity index is 204. The van der Waals surface area contributed by atoms with Gasteiger partial charge in [0.05, 0.1) is 6.61 Å². The predicted octanol–water partition coefficient (Wildman–Crippen LogP) is 1.22. The van der Waals surface area contributed by atoms with Crippen molar-refractivity contribution < 1.29 is 5.11 Å². The highest BCUT2D eigenvalue weighted by Crippen LogP contribution is 2.22.